The number of fused-ring (bicyclic) bond motifs is 1. The van der Waals surface area contributed by atoms with E-state index >= 15 is 0 Å². The summed E-state index contributed by atoms with van der Waals surface area (Å²) in [6.45, 7) is 2.03. The molecule has 1 aromatic carbocycles. The van der Waals surface area contributed by atoms with Crippen LogP contribution < -0.4 is 5.32 Å². The number of hydrogen-bond acceptors (Lipinski definition) is 4. The summed E-state index contributed by atoms with van der Waals surface area (Å²) in [5, 5.41) is 3.40. The maximum atomic E-state index is 12.0. The van der Waals surface area contributed by atoms with Gasteiger partial charge in [0.05, 0.1) is 15.8 Å². The molecule has 0 unspecified atom stereocenters. The lowest BCUT2D eigenvalue weighted by Crippen LogP contribution is -2.11. The lowest BCUT2D eigenvalue weighted by molar-refractivity contribution is 0.102. The lowest BCUT2D eigenvalue weighted by atomic mass is 10.2. The normalized spacial score (nSPS) is 10.6. The number of carbonyl (C=O) groups excluding carboxylic acids is 1. The van der Waals surface area contributed by atoms with Crippen LogP contribution in [0.1, 0.15) is 15.9 Å². The fraction of sp³-hybridized carbons (Fsp3) is 0.0714. The van der Waals surface area contributed by atoms with E-state index < -0.39 is 0 Å². The first-order valence-electron chi connectivity index (χ1n) is 5.81. The number of benzene rings is 1. The van der Waals surface area contributed by atoms with Crippen LogP contribution in [0.25, 0.3) is 10.2 Å². The van der Waals surface area contributed by atoms with Crippen molar-refractivity contribution in [3.63, 3.8) is 0 Å². The fourth-order valence-electron chi connectivity index (χ4n) is 1.75. The van der Waals surface area contributed by atoms with Crippen molar-refractivity contribution in [3.8, 4) is 0 Å². The quantitative estimate of drug-likeness (QED) is 0.777. The van der Waals surface area contributed by atoms with E-state index in [1.807, 2.05) is 19.1 Å². The molecule has 94 valence electrons. The molecule has 0 bridgehead atoms. The number of thiazole rings is 1. The molecule has 4 nitrogen and oxygen atoms in total. The van der Waals surface area contributed by atoms with Crippen LogP contribution in [0, 0.1) is 6.92 Å². The van der Waals surface area contributed by atoms with Crippen molar-refractivity contribution in [2.75, 3.05) is 5.32 Å². The topological polar surface area (TPSA) is 54.9 Å². The van der Waals surface area contributed by atoms with Gasteiger partial charge in [-0.2, -0.15) is 0 Å². The Kier molecular flexibility index (Phi) is 2.97. The van der Waals surface area contributed by atoms with Crippen LogP contribution >= 0.6 is 11.3 Å². The van der Waals surface area contributed by atoms with Crippen LogP contribution in [0.15, 0.2) is 42.7 Å². The molecule has 0 aliphatic rings. The summed E-state index contributed by atoms with van der Waals surface area (Å²) in [6, 6.07) is 9.48. The number of nitrogens with one attached hydrogen (secondary N) is 1. The van der Waals surface area contributed by atoms with Crippen LogP contribution in [-0.4, -0.2) is 15.9 Å². The van der Waals surface area contributed by atoms with Gasteiger partial charge in [0.2, 0.25) is 0 Å². The van der Waals surface area contributed by atoms with Crippen LogP contribution in [0.4, 0.5) is 5.13 Å². The average Bonchev–Trinajstić information content (AvgIpc) is 2.81. The van der Waals surface area contributed by atoms with E-state index in [9.17, 15) is 4.79 Å². The van der Waals surface area contributed by atoms with Crippen molar-refractivity contribution in [1.29, 1.82) is 0 Å². The Morgan fingerprint density at radius 1 is 1.32 bits per heavy atom. The first kappa shape index (κ1) is 11.8. The third-order valence-corrected chi connectivity index (χ3v) is 3.62. The number of aryl methyl sites for hydroxylation is 1. The van der Waals surface area contributed by atoms with Gasteiger partial charge >= 0.3 is 0 Å². The zero-order chi connectivity index (χ0) is 13.2. The van der Waals surface area contributed by atoms with Crippen molar-refractivity contribution < 1.29 is 4.79 Å². The number of carbonyl (C=O) groups is 1. The van der Waals surface area contributed by atoms with Crippen molar-refractivity contribution >= 4 is 32.6 Å². The van der Waals surface area contributed by atoms with E-state index in [4.69, 9.17) is 0 Å². The Balaban J connectivity index is 1.87. The molecular weight excluding hydrogens is 258 g/mol. The fourth-order valence-corrected chi connectivity index (χ4v) is 2.71. The Morgan fingerprint density at radius 2 is 2.21 bits per heavy atom. The monoisotopic (exact) mass is 269 g/mol. The zero-order valence-corrected chi connectivity index (χ0v) is 11.1. The molecule has 0 radical (unpaired) electrons. The highest BCUT2D eigenvalue weighted by molar-refractivity contribution is 7.22. The third kappa shape index (κ3) is 2.46. The molecule has 3 aromatic rings. The standard InChI is InChI=1S/C14H11N3OS/c1-9-4-5-11-12(7-9)19-14(16-11)17-13(18)10-3-2-6-15-8-10/h2-8H,1H3,(H,16,17,18). The molecule has 0 aliphatic heterocycles. The number of aromatic nitrogens is 2. The highest BCUT2D eigenvalue weighted by Gasteiger charge is 2.09. The molecule has 0 saturated heterocycles. The second-order valence-corrected chi connectivity index (χ2v) is 5.22. The molecule has 0 spiro atoms. The van der Waals surface area contributed by atoms with Crippen molar-refractivity contribution in [1.82, 2.24) is 9.97 Å². The third-order valence-electron chi connectivity index (χ3n) is 2.69. The smallest absolute Gasteiger partial charge is 0.259 e. The number of amides is 1. The average molecular weight is 269 g/mol. The molecule has 1 N–H and O–H groups in total. The number of nitrogens with zero attached hydrogens (tertiary/aromatic N) is 2. The summed E-state index contributed by atoms with van der Waals surface area (Å²) < 4.78 is 1.07. The summed E-state index contributed by atoms with van der Waals surface area (Å²) in [6.07, 6.45) is 3.17. The number of hydrogen-bond donors (Lipinski definition) is 1. The van der Waals surface area contributed by atoms with Gasteiger partial charge in [-0.05, 0) is 36.8 Å². The Labute approximate surface area is 114 Å². The SMILES string of the molecule is Cc1ccc2nc(NC(=O)c3cccnc3)sc2c1. The number of pyridine rings is 1. The molecule has 0 atom stereocenters. The van der Waals surface area contributed by atoms with Gasteiger partial charge in [0.15, 0.2) is 5.13 Å². The van der Waals surface area contributed by atoms with E-state index in [1.54, 1.807) is 18.3 Å². The molecule has 0 saturated carbocycles. The van der Waals surface area contributed by atoms with Crippen LogP contribution in [-0.2, 0) is 0 Å². The van der Waals surface area contributed by atoms with E-state index in [0.717, 1.165) is 10.2 Å². The van der Waals surface area contributed by atoms with Gasteiger partial charge in [-0.3, -0.25) is 15.1 Å². The minimum Gasteiger partial charge on any atom is -0.298 e. The Hall–Kier alpha value is -2.27. The molecule has 19 heavy (non-hydrogen) atoms. The van der Waals surface area contributed by atoms with Crippen LogP contribution in [0.3, 0.4) is 0 Å². The Bertz CT molecular complexity index is 737. The van der Waals surface area contributed by atoms with Crippen LogP contribution in [0.2, 0.25) is 0 Å². The highest BCUT2D eigenvalue weighted by Crippen LogP contribution is 2.26. The van der Waals surface area contributed by atoms with Gasteiger partial charge in [-0.25, -0.2) is 4.98 Å². The van der Waals surface area contributed by atoms with Gasteiger partial charge in [0.1, 0.15) is 0 Å². The van der Waals surface area contributed by atoms with Crippen LogP contribution in [0.5, 0.6) is 0 Å². The number of rotatable bonds is 2. The van der Waals surface area contributed by atoms with Crippen molar-refractivity contribution in [3.05, 3.63) is 53.9 Å². The second kappa shape index (κ2) is 4.78. The summed E-state index contributed by atoms with van der Waals surface area (Å²) in [5.41, 5.74) is 2.61. The van der Waals surface area contributed by atoms with Gasteiger partial charge in [-0.15, -0.1) is 0 Å². The summed E-state index contributed by atoms with van der Waals surface area (Å²) in [5.74, 6) is -0.191. The largest absolute Gasteiger partial charge is 0.298 e. The molecule has 5 heteroatoms. The minimum atomic E-state index is -0.191. The van der Waals surface area contributed by atoms with Gasteiger partial charge < -0.3 is 0 Å². The Morgan fingerprint density at radius 3 is 3.00 bits per heavy atom. The summed E-state index contributed by atoms with van der Waals surface area (Å²) in [7, 11) is 0. The molecule has 3 rings (SSSR count). The molecule has 1 amide bonds. The van der Waals surface area contributed by atoms with Gasteiger partial charge in [0, 0.05) is 12.4 Å². The lowest BCUT2D eigenvalue weighted by Gasteiger charge is -1.99. The highest BCUT2D eigenvalue weighted by atomic mass is 32.1. The first-order valence-corrected chi connectivity index (χ1v) is 6.62. The van der Waals surface area contributed by atoms with E-state index in [1.165, 1.54) is 23.1 Å². The summed E-state index contributed by atoms with van der Waals surface area (Å²) >= 11 is 1.47. The second-order valence-electron chi connectivity index (χ2n) is 4.19. The summed E-state index contributed by atoms with van der Waals surface area (Å²) in [4.78, 5) is 20.3. The molecule has 0 fully saturated rings. The molecular formula is C14H11N3OS. The maximum absolute atomic E-state index is 12.0. The van der Waals surface area contributed by atoms with Gasteiger partial charge in [-0.1, -0.05) is 17.4 Å². The minimum absolute atomic E-state index is 0.191. The zero-order valence-electron chi connectivity index (χ0n) is 10.3. The van der Waals surface area contributed by atoms with Crippen molar-refractivity contribution in [2.24, 2.45) is 0 Å². The van der Waals surface area contributed by atoms with E-state index in [-0.39, 0.29) is 5.91 Å². The predicted octanol–water partition coefficient (Wildman–Crippen LogP) is 3.25. The maximum Gasteiger partial charge on any atom is 0.259 e. The van der Waals surface area contributed by atoms with E-state index in [2.05, 4.69) is 21.4 Å². The van der Waals surface area contributed by atoms with Crippen molar-refractivity contribution in [2.45, 2.75) is 6.92 Å². The van der Waals surface area contributed by atoms with E-state index in [0.29, 0.717) is 10.7 Å². The predicted molar refractivity (Wildman–Crippen MR) is 76.5 cm³/mol. The van der Waals surface area contributed by atoms with Gasteiger partial charge in [0.25, 0.3) is 5.91 Å². The molecule has 2 aromatic heterocycles. The molecule has 2 heterocycles. The number of anilines is 1. The first-order chi connectivity index (χ1) is 9.22. The molecule has 0 aliphatic carbocycles.